The zero-order chi connectivity index (χ0) is 22.5. The van der Waals surface area contributed by atoms with Crippen molar-refractivity contribution in [2.75, 3.05) is 0 Å². The fourth-order valence-corrected chi connectivity index (χ4v) is 4.34. The molecule has 0 spiro atoms. The van der Waals surface area contributed by atoms with E-state index in [9.17, 15) is 0 Å². The molecule has 0 saturated carbocycles. The fourth-order valence-electron chi connectivity index (χ4n) is 4.34. The zero-order valence-electron chi connectivity index (χ0n) is 21.2. The summed E-state index contributed by atoms with van der Waals surface area (Å²) in [5.74, 6) is 0. The molecule has 0 fully saturated rings. The molecular weight excluding hydrogens is 505 g/mol. The van der Waals surface area contributed by atoms with Crippen molar-refractivity contribution >= 4 is 11.1 Å². The molecule has 0 atom stereocenters. The Hall–Kier alpha value is -0.808. The monoisotopic (exact) mass is 540 g/mol. The van der Waals surface area contributed by atoms with E-state index in [2.05, 4.69) is 108 Å². The molecular formula is C31H35Cs. The number of aryl methyl sites for hydroxylation is 1. The normalized spacial score (nSPS) is 16.8. The molecule has 1 aromatic rings. The van der Waals surface area contributed by atoms with Crippen LogP contribution in [0.4, 0.5) is 0 Å². The summed E-state index contributed by atoms with van der Waals surface area (Å²) in [5, 5.41) is 0. The van der Waals surface area contributed by atoms with E-state index in [4.69, 9.17) is 0 Å². The first-order chi connectivity index (χ1) is 14.8. The van der Waals surface area contributed by atoms with Gasteiger partial charge in [-0.1, -0.05) is 66.1 Å². The molecule has 2 aliphatic carbocycles. The van der Waals surface area contributed by atoms with Gasteiger partial charge in [0.05, 0.1) is 0 Å². The van der Waals surface area contributed by atoms with E-state index in [-0.39, 0.29) is 68.9 Å². The van der Waals surface area contributed by atoms with Crippen LogP contribution in [0.3, 0.4) is 0 Å². The number of benzene rings is 1. The van der Waals surface area contributed by atoms with Gasteiger partial charge in [0.1, 0.15) is 0 Å². The summed E-state index contributed by atoms with van der Waals surface area (Å²) >= 11 is 0. The van der Waals surface area contributed by atoms with Crippen molar-refractivity contribution in [3.05, 3.63) is 117 Å². The Morgan fingerprint density at radius 1 is 0.906 bits per heavy atom. The van der Waals surface area contributed by atoms with E-state index < -0.39 is 0 Å². The molecule has 160 valence electrons. The van der Waals surface area contributed by atoms with Crippen molar-refractivity contribution in [1.82, 2.24) is 0 Å². The first-order valence-electron chi connectivity index (χ1n) is 11.2. The van der Waals surface area contributed by atoms with Crippen LogP contribution in [0, 0.1) is 13.0 Å². The average molecular weight is 541 g/mol. The molecule has 0 heterocycles. The number of hydrogen-bond acceptors (Lipinski definition) is 0. The fraction of sp³-hybridized carbons (Fsp3) is 0.290. The SMILES string of the molecule is C[C-]=CC1=CC=C(/C(C)=C/C(C)=C(\C)c2ccc(C3=CC=C(C=C(C)C)C3)cc2C)C1.[Cs+]. The third-order valence-corrected chi connectivity index (χ3v) is 6.12. The van der Waals surface area contributed by atoms with Gasteiger partial charge in [0.25, 0.3) is 0 Å². The van der Waals surface area contributed by atoms with Crippen molar-refractivity contribution in [3.8, 4) is 0 Å². The largest absolute Gasteiger partial charge is 1.00 e. The Kier molecular flexibility index (Phi) is 10.8. The summed E-state index contributed by atoms with van der Waals surface area (Å²) in [6, 6.07) is 6.92. The van der Waals surface area contributed by atoms with Crippen molar-refractivity contribution in [2.24, 2.45) is 0 Å². The van der Waals surface area contributed by atoms with Gasteiger partial charge in [0.2, 0.25) is 0 Å². The van der Waals surface area contributed by atoms with Gasteiger partial charge in [0.15, 0.2) is 0 Å². The number of hydrogen-bond donors (Lipinski definition) is 0. The van der Waals surface area contributed by atoms with Gasteiger partial charge in [0, 0.05) is 0 Å². The minimum atomic E-state index is 0. The third kappa shape index (κ3) is 7.09. The second-order valence-electron chi connectivity index (χ2n) is 9.04. The van der Waals surface area contributed by atoms with Crippen molar-refractivity contribution < 1.29 is 68.9 Å². The average Bonchev–Trinajstić information content (AvgIpc) is 3.37. The van der Waals surface area contributed by atoms with Gasteiger partial charge in [-0.3, -0.25) is 6.08 Å². The van der Waals surface area contributed by atoms with Crippen molar-refractivity contribution in [2.45, 2.75) is 61.3 Å². The first kappa shape index (κ1) is 27.4. The van der Waals surface area contributed by atoms with Crippen LogP contribution >= 0.6 is 0 Å². The maximum absolute atomic E-state index is 3.13. The summed E-state index contributed by atoms with van der Waals surface area (Å²) in [7, 11) is 0. The molecule has 0 bridgehead atoms. The van der Waals surface area contributed by atoms with E-state index in [1.807, 2.05) is 6.92 Å². The Morgan fingerprint density at radius 2 is 1.62 bits per heavy atom. The number of rotatable bonds is 6. The summed E-state index contributed by atoms with van der Waals surface area (Å²) in [6.07, 6.45) is 20.8. The molecule has 0 unspecified atom stereocenters. The van der Waals surface area contributed by atoms with E-state index in [0.717, 1.165) is 12.8 Å². The maximum Gasteiger partial charge on any atom is 1.00 e. The smallest absolute Gasteiger partial charge is 0.278 e. The van der Waals surface area contributed by atoms with Crippen LogP contribution in [0.1, 0.15) is 71.1 Å². The van der Waals surface area contributed by atoms with Crippen LogP contribution in [0.15, 0.2) is 94.2 Å². The minimum Gasteiger partial charge on any atom is -0.278 e. The molecule has 0 aliphatic heterocycles. The van der Waals surface area contributed by atoms with E-state index in [1.165, 1.54) is 61.3 Å². The molecule has 1 heteroatoms. The van der Waals surface area contributed by atoms with Gasteiger partial charge < -0.3 is 0 Å². The van der Waals surface area contributed by atoms with E-state index in [1.54, 1.807) is 0 Å². The number of allylic oxidation sites excluding steroid dienone is 16. The predicted octanol–water partition coefficient (Wildman–Crippen LogP) is 6.05. The molecule has 0 radical (unpaired) electrons. The molecule has 0 N–H and O–H groups in total. The summed E-state index contributed by atoms with van der Waals surface area (Å²) in [5.41, 5.74) is 14.9. The van der Waals surface area contributed by atoms with Gasteiger partial charge in [-0.15, -0.1) is 13.0 Å². The third-order valence-electron chi connectivity index (χ3n) is 6.12. The molecule has 0 amide bonds. The Morgan fingerprint density at radius 3 is 2.28 bits per heavy atom. The molecule has 0 nitrogen and oxygen atoms in total. The predicted molar refractivity (Wildman–Crippen MR) is 138 cm³/mol. The first-order valence-corrected chi connectivity index (χ1v) is 11.2. The van der Waals surface area contributed by atoms with Crippen molar-refractivity contribution in [1.29, 1.82) is 0 Å². The van der Waals surface area contributed by atoms with E-state index >= 15 is 0 Å². The molecule has 0 saturated heterocycles. The van der Waals surface area contributed by atoms with Gasteiger partial charge in [-0.25, -0.2) is 6.08 Å². The van der Waals surface area contributed by atoms with Crippen LogP contribution in [-0.2, 0) is 0 Å². The Labute approximate surface area is 254 Å². The van der Waals surface area contributed by atoms with Crippen LogP contribution in [-0.4, -0.2) is 0 Å². The van der Waals surface area contributed by atoms with Crippen LogP contribution in [0.5, 0.6) is 0 Å². The van der Waals surface area contributed by atoms with Crippen LogP contribution in [0.25, 0.3) is 11.1 Å². The molecule has 2 aliphatic rings. The summed E-state index contributed by atoms with van der Waals surface area (Å²) in [6.45, 7) is 15.2. The molecule has 3 rings (SSSR count). The second-order valence-corrected chi connectivity index (χ2v) is 9.04. The topological polar surface area (TPSA) is 0 Å². The van der Waals surface area contributed by atoms with Gasteiger partial charge in [-0.05, 0) is 92.5 Å². The van der Waals surface area contributed by atoms with Gasteiger partial charge >= 0.3 is 68.9 Å². The van der Waals surface area contributed by atoms with Crippen LogP contribution in [0.2, 0.25) is 0 Å². The summed E-state index contributed by atoms with van der Waals surface area (Å²) in [4.78, 5) is 0. The van der Waals surface area contributed by atoms with Gasteiger partial charge in [-0.2, -0.15) is 5.57 Å². The molecule has 0 aromatic heterocycles. The molecule has 32 heavy (non-hydrogen) atoms. The van der Waals surface area contributed by atoms with Crippen LogP contribution < -0.4 is 68.9 Å². The second kappa shape index (κ2) is 12.6. The summed E-state index contributed by atoms with van der Waals surface area (Å²) < 4.78 is 0. The standard InChI is InChI=1S/C31H35.Cs/c1-8-9-26-10-12-28(19-26)23(5)17-22(4)25(7)31-15-14-29(18-24(31)6)30-13-11-27(20-30)16-21(2)3;/h9-18H,19-20H2,1-7H3;/q-1;+1/b23-17+,25-22+;. The van der Waals surface area contributed by atoms with E-state index in [0.29, 0.717) is 0 Å². The quantitative estimate of drug-likeness (QED) is 0.304. The Balaban J connectivity index is 0.00000363. The molecule has 1 aromatic carbocycles. The zero-order valence-corrected chi connectivity index (χ0v) is 27.5. The Bertz CT molecular complexity index is 1120. The minimum absolute atomic E-state index is 0. The van der Waals surface area contributed by atoms with Crippen molar-refractivity contribution in [3.63, 3.8) is 0 Å². The maximum atomic E-state index is 3.13.